The maximum absolute atomic E-state index is 13.2. The molecule has 1 aliphatic rings. The van der Waals surface area contributed by atoms with Crippen LogP contribution in [0.2, 0.25) is 0 Å². The van der Waals surface area contributed by atoms with Crippen molar-refractivity contribution in [2.75, 3.05) is 32.6 Å². The monoisotopic (exact) mass is 487 g/mol. The van der Waals surface area contributed by atoms with E-state index in [4.69, 9.17) is 19.5 Å². The lowest BCUT2D eigenvalue weighted by molar-refractivity contribution is 0.0545. The largest absolute Gasteiger partial charge is 0.627 e. The molecule has 36 heavy (non-hydrogen) atoms. The number of hydroxylamine groups is 2. The molecule has 3 aromatic rings. The summed E-state index contributed by atoms with van der Waals surface area (Å²) < 4.78 is 16.3. The zero-order chi connectivity index (χ0) is 25.5. The summed E-state index contributed by atoms with van der Waals surface area (Å²) in [5, 5.41) is 25.0. The van der Waals surface area contributed by atoms with Gasteiger partial charge in [0, 0.05) is 43.3 Å². The standard InChI is InChI=1S/C28H29N3O5/c1-34-25-13-15-31(33,16-14-25)24-10-8-23(9-11-24)30-28(32)22-7-12-26(27(17-22)35-2)36-19-21-5-3-20(18-29)4-6-21/h3-12,17,25H,13-16,19H2,1-2H3,(H,30,32). The molecule has 1 heterocycles. The summed E-state index contributed by atoms with van der Waals surface area (Å²) in [6, 6.07) is 21.2. The average Bonchev–Trinajstić information content (AvgIpc) is 2.92. The Labute approximate surface area is 210 Å². The highest BCUT2D eigenvalue weighted by Gasteiger charge is 2.29. The fraction of sp³-hybridized carbons (Fsp3) is 0.286. The highest BCUT2D eigenvalue weighted by Crippen LogP contribution is 2.31. The minimum absolute atomic E-state index is 0.147. The minimum atomic E-state index is -0.380. The van der Waals surface area contributed by atoms with Crippen molar-refractivity contribution in [2.45, 2.75) is 25.6 Å². The first-order valence-corrected chi connectivity index (χ1v) is 11.8. The van der Waals surface area contributed by atoms with Crippen molar-refractivity contribution in [3.8, 4) is 17.6 Å². The molecule has 0 radical (unpaired) electrons. The van der Waals surface area contributed by atoms with Crippen LogP contribution in [-0.4, -0.2) is 39.3 Å². The Hall–Kier alpha value is -3.90. The lowest BCUT2D eigenvalue weighted by Gasteiger charge is -2.46. The average molecular weight is 488 g/mol. The van der Waals surface area contributed by atoms with Gasteiger partial charge in [-0.05, 0) is 48.0 Å². The number of methoxy groups -OCH3 is 2. The van der Waals surface area contributed by atoms with Crippen molar-refractivity contribution in [1.29, 1.82) is 5.26 Å². The Bertz CT molecular complexity index is 1230. The summed E-state index contributed by atoms with van der Waals surface area (Å²) >= 11 is 0. The van der Waals surface area contributed by atoms with E-state index in [1.807, 2.05) is 12.1 Å². The normalized spacial score (nSPS) is 19.2. The number of hydrogen-bond acceptors (Lipinski definition) is 6. The molecule has 0 spiro atoms. The number of benzene rings is 3. The smallest absolute Gasteiger partial charge is 0.255 e. The third-order valence-electron chi connectivity index (χ3n) is 6.46. The second kappa shape index (κ2) is 11.2. The van der Waals surface area contributed by atoms with E-state index in [1.54, 1.807) is 61.7 Å². The molecular weight excluding hydrogens is 458 g/mol. The molecule has 1 N–H and O–H groups in total. The van der Waals surface area contributed by atoms with Crippen molar-refractivity contribution in [3.05, 3.63) is 88.6 Å². The molecule has 0 unspecified atom stereocenters. The van der Waals surface area contributed by atoms with E-state index < -0.39 is 0 Å². The van der Waals surface area contributed by atoms with Crippen LogP contribution in [-0.2, 0) is 11.3 Å². The number of hydrogen-bond donors (Lipinski definition) is 1. The number of rotatable bonds is 8. The van der Waals surface area contributed by atoms with E-state index in [2.05, 4.69) is 11.4 Å². The molecule has 186 valence electrons. The summed E-state index contributed by atoms with van der Waals surface area (Å²) in [7, 11) is 3.20. The molecule has 8 heteroatoms. The zero-order valence-electron chi connectivity index (χ0n) is 20.4. The van der Waals surface area contributed by atoms with Gasteiger partial charge >= 0.3 is 0 Å². The fourth-order valence-electron chi connectivity index (χ4n) is 4.24. The van der Waals surface area contributed by atoms with Crippen LogP contribution in [0.5, 0.6) is 11.5 Å². The molecule has 0 aliphatic carbocycles. The van der Waals surface area contributed by atoms with Crippen molar-refractivity contribution in [2.24, 2.45) is 0 Å². The Kier molecular flexibility index (Phi) is 7.86. The third-order valence-corrected chi connectivity index (χ3v) is 6.46. The predicted molar refractivity (Wildman–Crippen MR) is 138 cm³/mol. The first kappa shape index (κ1) is 25.2. The van der Waals surface area contributed by atoms with Crippen molar-refractivity contribution in [1.82, 2.24) is 4.65 Å². The molecule has 0 atom stereocenters. The number of carbonyl (C=O) groups is 1. The maximum Gasteiger partial charge on any atom is 0.255 e. The number of anilines is 1. The highest BCUT2D eigenvalue weighted by molar-refractivity contribution is 6.04. The Balaban J connectivity index is 1.38. The Morgan fingerprint density at radius 2 is 1.72 bits per heavy atom. The molecule has 1 saturated heterocycles. The van der Waals surface area contributed by atoms with Gasteiger partial charge in [0.05, 0.1) is 37.9 Å². The van der Waals surface area contributed by atoms with Crippen LogP contribution in [0.15, 0.2) is 66.7 Å². The van der Waals surface area contributed by atoms with E-state index in [0.29, 0.717) is 53.7 Å². The molecule has 3 aromatic carbocycles. The SMILES string of the molecule is COc1cc(C(=O)Nc2ccc([N+]3([O-])CCC(OC)CC3)cc2)ccc1OCc1ccc(C#N)cc1. The number of nitrogens with one attached hydrogen (secondary N) is 1. The van der Waals surface area contributed by atoms with E-state index in [9.17, 15) is 10.0 Å². The molecule has 1 fully saturated rings. The number of carbonyl (C=O) groups excluding carboxylic acids is 1. The van der Waals surface area contributed by atoms with E-state index in [-0.39, 0.29) is 16.7 Å². The number of nitriles is 1. The van der Waals surface area contributed by atoms with Gasteiger partial charge in [0.1, 0.15) is 12.3 Å². The highest BCUT2D eigenvalue weighted by atomic mass is 16.5. The van der Waals surface area contributed by atoms with Crippen molar-refractivity contribution < 1.29 is 19.0 Å². The third kappa shape index (κ3) is 5.83. The van der Waals surface area contributed by atoms with Gasteiger partial charge in [-0.3, -0.25) is 4.79 Å². The van der Waals surface area contributed by atoms with Crippen molar-refractivity contribution >= 4 is 17.3 Å². The van der Waals surface area contributed by atoms with Crippen LogP contribution in [0.4, 0.5) is 11.4 Å². The second-order valence-electron chi connectivity index (χ2n) is 8.74. The van der Waals surface area contributed by atoms with Crippen LogP contribution in [0.3, 0.4) is 0 Å². The lowest BCUT2D eigenvalue weighted by Crippen LogP contribution is -2.50. The van der Waals surface area contributed by atoms with Crippen molar-refractivity contribution in [3.63, 3.8) is 0 Å². The summed E-state index contributed by atoms with van der Waals surface area (Å²) in [6.45, 7) is 1.25. The fourth-order valence-corrected chi connectivity index (χ4v) is 4.24. The van der Waals surface area contributed by atoms with Gasteiger partial charge in [0.15, 0.2) is 11.5 Å². The lowest BCUT2D eigenvalue weighted by atomic mass is 10.1. The molecular formula is C28H29N3O5. The van der Waals surface area contributed by atoms with E-state index in [0.717, 1.165) is 18.4 Å². The first-order chi connectivity index (χ1) is 17.4. The predicted octanol–water partition coefficient (Wildman–Crippen LogP) is 5.01. The summed E-state index contributed by atoms with van der Waals surface area (Å²) in [5.74, 6) is 0.639. The maximum atomic E-state index is 13.2. The van der Waals surface area contributed by atoms with Gasteiger partial charge in [-0.15, -0.1) is 0 Å². The topological polar surface area (TPSA) is 104 Å². The summed E-state index contributed by atoms with van der Waals surface area (Å²) in [4.78, 5) is 12.8. The molecule has 8 nitrogen and oxygen atoms in total. The van der Waals surface area contributed by atoms with Gasteiger partial charge in [-0.1, -0.05) is 12.1 Å². The number of ether oxygens (including phenoxy) is 3. The Morgan fingerprint density at radius 3 is 2.33 bits per heavy atom. The number of nitrogens with zero attached hydrogens (tertiary/aromatic N) is 2. The van der Waals surface area contributed by atoms with Crippen LogP contribution in [0.25, 0.3) is 0 Å². The van der Waals surface area contributed by atoms with Gasteiger partial charge in [-0.25, -0.2) is 0 Å². The van der Waals surface area contributed by atoms with Gasteiger partial charge < -0.3 is 29.4 Å². The molecule has 0 aromatic heterocycles. The summed E-state index contributed by atoms with van der Waals surface area (Å²) in [5.41, 5.74) is 3.18. The quantitative estimate of drug-likeness (QED) is 0.354. The number of amides is 1. The Morgan fingerprint density at radius 1 is 1.03 bits per heavy atom. The molecule has 1 amide bonds. The molecule has 4 rings (SSSR count). The number of piperidine rings is 1. The first-order valence-electron chi connectivity index (χ1n) is 11.8. The van der Waals surface area contributed by atoms with Gasteiger partial charge in [0.2, 0.25) is 0 Å². The van der Waals surface area contributed by atoms with Crippen LogP contribution in [0.1, 0.15) is 34.3 Å². The van der Waals surface area contributed by atoms with Crippen LogP contribution < -0.4 is 19.4 Å². The molecule has 0 bridgehead atoms. The van der Waals surface area contributed by atoms with Crippen LogP contribution >= 0.6 is 0 Å². The molecule has 0 saturated carbocycles. The second-order valence-corrected chi connectivity index (χ2v) is 8.74. The van der Waals surface area contributed by atoms with E-state index in [1.165, 1.54) is 7.11 Å². The molecule has 1 aliphatic heterocycles. The van der Waals surface area contributed by atoms with Gasteiger partial charge in [0.25, 0.3) is 5.91 Å². The summed E-state index contributed by atoms with van der Waals surface area (Å²) in [6.07, 6.45) is 1.61. The zero-order valence-corrected chi connectivity index (χ0v) is 20.4. The van der Waals surface area contributed by atoms with Crippen LogP contribution in [0, 0.1) is 16.5 Å². The minimum Gasteiger partial charge on any atom is -0.627 e. The number of quaternary nitrogens is 1. The van der Waals surface area contributed by atoms with Gasteiger partial charge in [-0.2, -0.15) is 5.26 Å². The van der Waals surface area contributed by atoms with E-state index >= 15 is 0 Å².